The fourth-order valence-corrected chi connectivity index (χ4v) is 2.97. The molecule has 0 bridgehead atoms. The molecule has 2 saturated carbocycles. The molecule has 0 aromatic carbocycles. The molecule has 0 spiro atoms. The zero-order valence-corrected chi connectivity index (χ0v) is 9.76. The molecule has 4 nitrogen and oxygen atoms in total. The van der Waals surface area contributed by atoms with Crippen molar-refractivity contribution in [3.63, 3.8) is 0 Å². The van der Waals surface area contributed by atoms with Crippen molar-refractivity contribution < 1.29 is 19.1 Å². The Balaban J connectivity index is 1.70. The third kappa shape index (κ3) is 1.86. The van der Waals surface area contributed by atoms with E-state index in [0.717, 1.165) is 24.7 Å². The summed E-state index contributed by atoms with van der Waals surface area (Å²) < 4.78 is 9.90. The molecule has 1 heterocycles. The van der Waals surface area contributed by atoms with Gasteiger partial charge >= 0.3 is 5.97 Å². The van der Waals surface area contributed by atoms with Crippen LogP contribution in [0.2, 0.25) is 0 Å². The molecule has 92 valence electrons. The van der Waals surface area contributed by atoms with Gasteiger partial charge in [0, 0.05) is 0 Å². The Morgan fingerprint density at radius 2 is 2.12 bits per heavy atom. The molecule has 17 heavy (non-hydrogen) atoms. The fraction of sp³-hybridized carbons (Fsp3) is 0.615. The van der Waals surface area contributed by atoms with Crippen LogP contribution in [0.1, 0.15) is 41.7 Å². The number of aliphatic hydroxyl groups excluding tert-OH is 1. The fourth-order valence-electron chi connectivity index (χ4n) is 2.97. The Bertz CT molecular complexity index is 426. The first-order valence-electron chi connectivity index (χ1n) is 6.05. The molecule has 1 N–H and O–H groups in total. The highest BCUT2D eigenvalue weighted by molar-refractivity contribution is 5.86. The smallest absolute Gasteiger partial charge is 0.373 e. The van der Waals surface area contributed by atoms with Crippen molar-refractivity contribution in [2.45, 2.75) is 25.4 Å². The van der Waals surface area contributed by atoms with Crippen LogP contribution in [0, 0.1) is 17.8 Å². The summed E-state index contributed by atoms with van der Waals surface area (Å²) in [6.07, 6.45) is 2.91. The van der Waals surface area contributed by atoms with Crippen LogP contribution in [0.25, 0.3) is 0 Å². The summed E-state index contributed by atoms with van der Waals surface area (Å²) >= 11 is 0. The Morgan fingerprint density at radius 3 is 2.76 bits per heavy atom. The van der Waals surface area contributed by atoms with Gasteiger partial charge in [-0.3, -0.25) is 0 Å². The van der Waals surface area contributed by atoms with Gasteiger partial charge in [-0.25, -0.2) is 4.79 Å². The zero-order chi connectivity index (χ0) is 12.0. The minimum Gasteiger partial charge on any atom is -0.463 e. The van der Waals surface area contributed by atoms with Gasteiger partial charge in [-0.2, -0.15) is 0 Å². The molecular formula is C13H16O4. The van der Waals surface area contributed by atoms with Gasteiger partial charge in [0.2, 0.25) is 5.76 Å². The van der Waals surface area contributed by atoms with Crippen molar-refractivity contribution in [2.75, 3.05) is 7.11 Å². The van der Waals surface area contributed by atoms with Crippen LogP contribution in [0.15, 0.2) is 16.5 Å². The summed E-state index contributed by atoms with van der Waals surface area (Å²) in [6, 6.07) is 3.22. The minimum absolute atomic E-state index is 0.157. The van der Waals surface area contributed by atoms with E-state index in [4.69, 9.17) is 4.42 Å². The molecule has 3 atom stereocenters. The largest absolute Gasteiger partial charge is 0.463 e. The Hall–Kier alpha value is -1.29. The van der Waals surface area contributed by atoms with Gasteiger partial charge < -0.3 is 14.3 Å². The lowest BCUT2D eigenvalue weighted by molar-refractivity contribution is 0.0533. The van der Waals surface area contributed by atoms with Crippen LogP contribution in [0.3, 0.4) is 0 Å². The van der Waals surface area contributed by atoms with Gasteiger partial charge in [0.1, 0.15) is 11.9 Å². The molecule has 2 aliphatic carbocycles. The topological polar surface area (TPSA) is 59.7 Å². The number of fused-ring (bicyclic) bond motifs is 1. The lowest BCUT2D eigenvalue weighted by Gasteiger charge is -2.17. The van der Waals surface area contributed by atoms with Gasteiger partial charge in [0.05, 0.1) is 7.11 Å². The van der Waals surface area contributed by atoms with Gasteiger partial charge in [-0.1, -0.05) is 0 Å². The summed E-state index contributed by atoms with van der Waals surface area (Å²) in [5.41, 5.74) is 0. The summed E-state index contributed by atoms with van der Waals surface area (Å²) in [7, 11) is 1.31. The van der Waals surface area contributed by atoms with E-state index < -0.39 is 12.1 Å². The molecule has 0 saturated heterocycles. The predicted octanol–water partition coefficient (Wildman–Crippen LogP) is 2.15. The number of aliphatic hydroxyl groups is 1. The first-order valence-corrected chi connectivity index (χ1v) is 6.05. The second-order valence-electron chi connectivity index (χ2n) is 5.13. The van der Waals surface area contributed by atoms with Crippen LogP contribution >= 0.6 is 0 Å². The maximum atomic E-state index is 11.2. The van der Waals surface area contributed by atoms with E-state index >= 15 is 0 Å². The second kappa shape index (κ2) is 3.88. The lowest BCUT2D eigenvalue weighted by Crippen LogP contribution is -2.10. The number of esters is 1. The SMILES string of the molecule is COC(=O)c1ccc(C(O)C2CC3CC3C2)o1. The predicted molar refractivity (Wildman–Crippen MR) is 59.3 cm³/mol. The minimum atomic E-state index is -0.582. The van der Waals surface area contributed by atoms with Crippen LogP contribution in [0.5, 0.6) is 0 Å². The Labute approximate surface area is 99.6 Å². The van der Waals surface area contributed by atoms with E-state index in [0.29, 0.717) is 5.76 Å². The van der Waals surface area contributed by atoms with Crippen molar-refractivity contribution >= 4 is 5.97 Å². The van der Waals surface area contributed by atoms with Crippen LogP contribution < -0.4 is 0 Å². The molecular weight excluding hydrogens is 220 g/mol. The standard InChI is InChI=1S/C13H16O4/c1-16-13(15)11-3-2-10(17-11)12(14)9-5-7-4-8(7)6-9/h2-3,7-9,12,14H,4-6H2,1H3. The Morgan fingerprint density at radius 1 is 1.41 bits per heavy atom. The highest BCUT2D eigenvalue weighted by Crippen LogP contribution is 2.57. The van der Waals surface area contributed by atoms with E-state index in [-0.39, 0.29) is 11.7 Å². The molecule has 1 aromatic heterocycles. The molecule has 4 heteroatoms. The molecule has 1 aromatic rings. The van der Waals surface area contributed by atoms with Gasteiger partial charge in [-0.15, -0.1) is 0 Å². The number of ether oxygens (including phenoxy) is 1. The molecule has 3 rings (SSSR count). The number of hydrogen-bond acceptors (Lipinski definition) is 4. The highest BCUT2D eigenvalue weighted by Gasteiger charge is 2.48. The molecule has 0 radical (unpaired) electrons. The maximum absolute atomic E-state index is 11.2. The molecule has 2 aliphatic rings. The third-order valence-electron chi connectivity index (χ3n) is 4.03. The van der Waals surface area contributed by atoms with E-state index in [2.05, 4.69) is 4.74 Å². The highest BCUT2D eigenvalue weighted by atomic mass is 16.5. The van der Waals surface area contributed by atoms with Crippen LogP contribution in [0.4, 0.5) is 0 Å². The average molecular weight is 236 g/mol. The quantitative estimate of drug-likeness (QED) is 0.817. The number of hydrogen-bond donors (Lipinski definition) is 1. The van der Waals surface area contributed by atoms with Gasteiger partial charge in [0.15, 0.2) is 0 Å². The van der Waals surface area contributed by atoms with Crippen molar-refractivity contribution in [1.82, 2.24) is 0 Å². The Kier molecular flexibility index (Phi) is 2.47. The average Bonchev–Trinajstić information content (AvgIpc) is 2.82. The van der Waals surface area contributed by atoms with Crippen molar-refractivity contribution in [2.24, 2.45) is 17.8 Å². The van der Waals surface area contributed by atoms with E-state index in [1.54, 1.807) is 12.1 Å². The number of methoxy groups -OCH3 is 1. The van der Waals surface area contributed by atoms with E-state index in [9.17, 15) is 9.90 Å². The van der Waals surface area contributed by atoms with Gasteiger partial charge in [0.25, 0.3) is 0 Å². The van der Waals surface area contributed by atoms with Crippen molar-refractivity contribution in [3.8, 4) is 0 Å². The molecule has 0 aliphatic heterocycles. The normalized spacial score (nSPS) is 32.0. The summed E-state index contributed by atoms with van der Waals surface area (Å²) in [6.45, 7) is 0. The lowest BCUT2D eigenvalue weighted by atomic mass is 9.95. The van der Waals surface area contributed by atoms with Crippen molar-refractivity contribution in [3.05, 3.63) is 23.7 Å². The van der Waals surface area contributed by atoms with Gasteiger partial charge in [-0.05, 0) is 49.1 Å². The number of carbonyl (C=O) groups excluding carboxylic acids is 1. The summed E-state index contributed by atoms with van der Waals surface area (Å²) in [5.74, 6) is 2.07. The summed E-state index contributed by atoms with van der Waals surface area (Å²) in [4.78, 5) is 11.2. The first kappa shape index (κ1) is 10.8. The van der Waals surface area contributed by atoms with E-state index in [1.165, 1.54) is 13.5 Å². The van der Waals surface area contributed by atoms with E-state index in [1.807, 2.05) is 0 Å². The van der Waals surface area contributed by atoms with Crippen LogP contribution in [-0.4, -0.2) is 18.2 Å². The van der Waals surface area contributed by atoms with Crippen LogP contribution in [-0.2, 0) is 4.74 Å². The number of carbonyl (C=O) groups is 1. The monoisotopic (exact) mass is 236 g/mol. The molecule has 2 fully saturated rings. The first-order chi connectivity index (χ1) is 8.19. The molecule has 0 amide bonds. The second-order valence-corrected chi connectivity index (χ2v) is 5.13. The summed E-state index contributed by atoms with van der Waals surface area (Å²) in [5, 5.41) is 10.2. The third-order valence-corrected chi connectivity index (χ3v) is 4.03. The number of rotatable bonds is 3. The maximum Gasteiger partial charge on any atom is 0.373 e. The van der Waals surface area contributed by atoms with Crippen molar-refractivity contribution in [1.29, 1.82) is 0 Å². The number of furan rings is 1. The zero-order valence-electron chi connectivity index (χ0n) is 9.76. The molecule has 3 unspecified atom stereocenters.